The maximum absolute atomic E-state index is 6.24. The molecule has 27 heavy (non-hydrogen) atoms. The van der Waals surface area contributed by atoms with Crippen molar-refractivity contribution in [3.8, 4) is 16.9 Å². The first kappa shape index (κ1) is 17.4. The second kappa shape index (κ2) is 7.68. The number of anilines is 1. The zero-order valence-corrected chi connectivity index (χ0v) is 15.7. The van der Waals surface area contributed by atoms with Gasteiger partial charge >= 0.3 is 0 Å². The third kappa shape index (κ3) is 3.74. The van der Waals surface area contributed by atoms with Gasteiger partial charge in [-0.1, -0.05) is 60.1 Å². The van der Waals surface area contributed by atoms with Gasteiger partial charge in [0.1, 0.15) is 11.6 Å². The van der Waals surface area contributed by atoms with E-state index in [0.717, 1.165) is 39.2 Å². The summed E-state index contributed by atoms with van der Waals surface area (Å²) in [4.78, 5) is 4.76. The van der Waals surface area contributed by atoms with Crippen LogP contribution in [0.1, 0.15) is 5.56 Å². The van der Waals surface area contributed by atoms with E-state index in [0.29, 0.717) is 11.6 Å². The highest BCUT2D eigenvalue weighted by atomic mass is 35.5. The van der Waals surface area contributed by atoms with Crippen LogP contribution in [0.3, 0.4) is 0 Å². The molecule has 3 aromatic carbocycles. The fraction of sp³-hybridized carbons (Fsp3) is 0.0870. The van der Waals surface area contributed by atoms with E-state index in [1.54, 1.807) is 7.11 Å². The summed E-state index contributed by atoms with van der Waals surface area (Å²) in [6, 6.07) is 26.1. The molecule has 3 nitrogen and oxygen atoms in total. The molecule has 0 aliphatic carbocycles. The van der Waals surface area contributed by atoms with Crippen molar-refractivity contribution in [3.05, 3.63) is 89.4 Å². The number of nitrogens with one attached hydrogen (secondary N) is 1. The van der Waals surface area contributed by atoms with Crippen molar-refractivity contribution in [2.45, 2.75) is 6.54 Å². The average molecular weight is 375 g/mol. The molecular weight excluding hydrogens is 356 g/mol. The van der Waals surface area contributed by atoms with Gasteiger partial charge in [0.25, 0.3) is 0 Å². The topological polar surface area (TPSA) is 34.1 Å². The Kier molecular flexibility index (Phi) is 4.95. The molecule has 0 saturated carbocycles. The SMILES string of the molecule is COc1ccccc1CNc1cc(-c2ccccc2)c2cc(Cl)ccc2n1. The summed E-state index contributed by atoms with van der Waals surface area (Å²) >= 11 is 6.24. The van der Waals surface area contributed by atoms with Gasteiger partial charge in [-0.3, -0.25) is 0 Å². The minimum absolute atomic E-state index is 0.629. The highest BCUT2D eigenvalue weighted by Gasteiger charge is 2.09. The van der Waals surface area contributed by atoms with E-state index in [9.17, 15) is 0 Å². The first-order valence-corrected chi connectivity index (χ1v) is 9.14. The number of fused-ring (bicyclic) bond motifs is 1. The Labute approximate surface area is 163 Å². The predicted octanol–water partition coefficient (Wildman–Crippen LogP) is 6.18. The second-order valence-electron chi connectivity index (χ2n) is 6.25. The van der Waals surface area contributed by atoms with Gasteiger partial charge in [0, 0.05) is 22.5 Å². The van der Waals surface area contributed by atoms with Crippen LogP contribution < -0.4 is 10.1 Å². The van der Waals surface area contributed by atoms with Crippen LogP contribution in [0, 0.1) is 0 Å². The van der Waals surface area contributed by atoms with Crippen molar-refractivity contribution in [2.75, 3.05) is 12.4 Å². The zero-order valence-electron chi connectivity index (χ0n) is 14.9. The molecular formula is C23H19ClN2O. The van der Waals surface area contributed by atoms with Gasteiger partial charge in [0.05, 0.1) is 12.6 Å². The number of benzene rings is 3. The summed E-state index contributed by atoms with van der Waals surface area (Å²) in [5.74, 6) is 1.68. The third-order valence-electron chi connectivity index (χ3n) is 4.51. The van der Waals surface area contributed by atoms with Crippen molar-refractivity contribution < 1.29 is 4.74 Å². The normalized spacial score (nSPS) is 10.7. The summed E-state index contributed by atoms with van der Waals surface area (Å²) in [5, 5.41) is 5.17. The maximum Gasteiger partial charge on any atom is 0.127 e. The Morgan fingerprint density at radius 1 is 0.926 bits per heavy atom. The van der Waals surface area contributed by atoms with Crippen molar-refractivity contribution in [1.82, 2.24) is 4.98 Å². The number of hydrogen-bond acceptors (Lipinski definition) is 3. The Morgan fingerprint density at radius 3 is 2.52 bits per heavy atom. The minimum atomic E-state index is 0.629. The number of pyridine rings is 1. The number of hydrogen-bond donors (Lipinski definition) is 1. The van der Waals surface area contributed by atoms with E-state index in [4.69, 9.17) is 21.3 Å². The number of ether oxygens (including phenoxy) is 1. The Balaban J connectivity index is 1.74. The number of para-hydroxylation sites is 1. The molecule has 0 bridgehead atoms. The number of nitrogens with zero attached hydrogens (tertiary/aromatic N) is 1. The number of aromatic nitrogens is 1. The standard InChI is InChI=1S/C23H19ClN2O/c1-27-22-10-6-5-9-17(22)15-25-23-14-19(16-7-3-2-4-8-16)20-13-18(24)11-12-21(20)26-23/h2-14H,15H2,1H3,(H,25,26). The van der Waals surface area contributed by atoms with E-state index in [1.165, 1.54) is 0 Å². The molecule has 1 heterocycles. The molecule has 1 aromatic heterocycles. The van der Waals surface area contributed by atoms with Gasteiger partial charge in [0.15, 0.2) is 0 Å². The lowest BCUT2D eigenvalue weighted by atomic mass is 10.0. The molecule has 0 fully saturated rings. The van der Waals surface area contributed by atoms with Crippen LogP contribution in [-0.4, -0.2) is 12.1 Å². The van der Waals surface area contributed by atoms with Gasteiger partial charge in [-0.25, -0.2) is 4.98 Å². The second-order valence-corrected chi connectivity index (χ2v) is 6.68. The average Bonchev–Trinajstić information content (AvgIpc) is 2.72. The van der Waals surface area contributed by atoms with Crippen LogP contribution in [0.25, 0.3) is 22.0 Å². The van der Waals surface area contributed by atoms with Crippen molar-refractivity contribution in [2.24, 2.45) is 0 Å². The van der Waals surface area contributed by atoms with Crippen molar-refractivity contribution >= 4 is 28.3 Å². The Hall–Kier alpha value is -3.04. The van der Waals surface area contributed by atoms with Crippen LogP contribution in [0.5, 0.6) is 5.75 Å². The van der Waals surface area contributed by atoms with Gasteiger partial charge in [-0.15, -0.1) is 0 Å². The largest absolute Gasteiger partial charge is 0.496 e. The lowest BCUT2D eigenvalue weighted by Crippen LogP contribution is -2.03. The maximum atomic E-state index is 6.24. The molecule has 0 saturated heterocycles. The molecule has 0 aliphatic rings. The molecule has 4 rings (SSSR count). The molecule has 0 radical (unpaired) electrons. The van der Waals surface area contributed by atoms with Gasteiger partial charge < -0.3 is 10.1 Å². The number of methoxy groups -OCH3 is 1. The fourth-order valence-corrected chi connectivity index (χ4v) is 3.35. The lowest BCUT2D eigenvalue weighted by Gasteiger charge is -2.13. The summed E-state index contributed by atoms with van der Waals surface area (Å²) in [5.41, 5.74) is 4.22. The van der Waals surface area contributed by atoms with Crippen LogP contribution in [-0.2, 0) is 6.54 Å². The van der Waals surface area contributed by atoms with E-state index in [-0.39, 0.29) is 0 Å². The fourth-order valence-electron chi connectivity index (χ4n) is 3.18. The minimum Gasteiger partial charge on any atom is -0.496 e. The van der Waals surface area contributed by atoms with E-state index in [1.807, 2.05) is 60.7 Å². The molecule has 0 unspecified atom stereocenters. The first-order valence-electron chi connectivity index (χ1n) is 8.76. The highest BCUT2D eigenvalue weighted by molar-refractivity contribution is 6.31. The quantitative estimate of drug-likeness (QED) is 0.453. The number of rotatable bonds is 5. The molecule has 4 aromatic rings. The predicted molar refractivity (Wildman–Crippen MR) is 113 cm³/mol. The van der Waals surface area contributed by atoms with Crippen molar-refractivity contribution in [3.63, 3.8) is 0 Å². The van der Waals surface area contributed by atoms with E-state index >= 15 is 0 Å². The van der Waals surface area contributed by atoms with Crippen LogP contribution in [0.15, 0.2) is 78.9 Å². The first-order chi connectivity index (χ1) is 13.2. The molecule has 0 atom stereocenters. The molecule has 0 aliphatic heterocycles. The third-order valence-corrected chi connectivity index (χ3v) is 4.74. The van der Waals surface area contributed by atoms with Crippen LogP contribution in [0.2, 0.25) is 5.02 Å². The lowest BCUT2D eigenvalue weighted by molar-refractivity contribution is 0.410. The molecule has 0 spiro atoms. The van der Waals surface area contributed by atoms with Gasteiger partial charge in [-0.05, 0) is 41.5 Å². The summed E-state index contributed by atoms with van der Waals surface area (Å²) in [6.07, 6.45) is 0. The van der Waals surface area contributed by atoms with Gasteiger partial charge in [0.2, 0.25) is 0 Å². The smallest absolute Gasteiger partial charge is 0.127 e. The summed E-state index contributed by atoms with van der Waals surface area (Å²) < 4.78 is 5.44. The Bertz CT molecular complexity index is 1080. The number of halogens is 1. The molecule has 134 valence electrons. The monoisotopic (exact) mass is 374 g/mol. The molecule has 0 amide bonds. The van der Waals surface area contributed by atoms with Gasteiger partial charge in [-0.2, -0.15) is 0 Å². The van der Waals surface area contributed by atoms with Crippen LogP contribution in [0.4, 0.5) is 5.82 Å². The summed E-state index contributed by atoms with van der Waals surface area (Å²) in [6.45, 7) is 0.629. The Morgan fingerprint density at radius 2 is 1.70 bits per heavy atom. The summed E-state index contributed by atoms with van der Waals surface area (Å²) in [7, 11) is 1.68. The van der Waals surface area contributed by atoms with Crippen molar-refractivity contribution in [1.29, 1.82) is 0 Å². The molecule has 1 N–H and O–H groups in total. The highest BCUT2D eigenvalue weighted by Crippen LogP contribution is 2.32. The van der Waals surface area contributed by atoms with E-state index in [2.05, 4.69) is 23.5 Å². The van der Waals surface area contributed by atoms with E-state index < -0.39 is 0 Å². The zero-order chi connectivity index (χ0) is 18.6. The molecule has 4 heteroatoms. The van der Waals surface area contributed by atoms with Crippen LogP contribution >= 0.6 is 11.6 Å².